The van der Waals surface area contributed by atoms with Crippen LogP contribution in [0, 0.1) is 0 Å². The van der Waals surface area contributed by atoms with E-state index in [1.807, 2.05) is 0 Å². The number of halogens is 1. The molecular formula is C35H31ClO8. The first-order chi connectivity index (χ1) is 21.2. The third kappa shape index (κ3) is 7.33. The topological polar surface area (TPSA) is 127 Å². The second-order valence-corrected chi connectivity index (χ2v) is 10.4. The number of ether oxygens (including phenoxy) is 2. The van der Waals surface area contributed by atoms with Gasteiger partial charge < -0.3 is 19.7 Å². The van der Waals surface area contributed by atoms with Crippen molar-refractivity contribution in [2.75, 3.05) is 6.61 Å². The number of carbonyl (C=O) groups is 4. The van der Waals surface area contributed by atoms with Gasteiger partial charge in [-0.15, -0.1) is 0 Å². The highest BCUT2D eigenvalue weighted by atomic mass is 35.5. The molecule has 0 heterocycles. The molecule has 0 amide bonds. The maximum Gasteiger partial charge on any atom is 0.343 e. The van der Waals surface area contributed by atoms with Gasteiger partial charge in [0.25, 0.3) is 0 Å². The molecule has 226 valence electrons. The second-order valence-electron chi connectivity index (χ2n) is 9.99. The predicted octanol–water partition coefficient (Wildman–Crippen LogP) is 7.56. The lowest BCUT2D eigenvalue weighted by Crippen LogP contribution is -2.22. The van der Waals surface area contributed by atoms with E-state index in [0.29, 0.717) is 6.42 Å². The molecule has 9 heteroatoms. The standard InChI is InChI=1S/C35H31ClO8/c1-2-3-4-5-12-20-43-35(42)26-27(29(37)22-14-8-6-9-15-22)31(39)32(40)33(44-34(41)23-16-10-7-11-17-23)28(26)30(38)24-18-13-19-25(36)21-24/h6-11,13-19,21,39-40H,2-5,12,20H2,1H3. The number of unbranched alkanes of at least 4 members (excludes halogenated alkanes) is 4. The molecule has 0 aliphatic rings. The molecule has 0 unspecified atom stereocenters. The van der Waals surface area contributed by atoms with E-state index in [1.165, 1.54) is 48.5 Å². The number of hydrogen-bond donors (Lipinski definition) is 2. The molecule has 0 radical (unpaired) electrons. The quantitative estimate of drug-likeness (QED) is 0.0519. The van der Waals surface area contributed by atoms with Gasteiger partial charge in [0.05, 0.1) is 28.9 Å². The fourth-order valence-electron chi connectivity index (χ4n) is 4.62. The molecule has 4 rings (SSSR count). The average Bonchev–Trinajstić information content (AvgIpc) is 3.04. The van der Waals surface area contributed by atoms with Gasteiger partial charge in [-0.05, 0) is 30.7 Å². The third-order valence-electron chi connectivity index (χ3n) is 6.87. The largest absolute Gasteiger partial charge is 0.504 e. The predicted molar refractivity (Wildman–Crippen MR) is 165 cm³/mol. The van der Waals surface area contributed by atoms with E-state index >= 15 is 0 Å². The first kappa shape index (κ1) is 32.0. The van der Waals surface area contributed by atoms with Gasteiger partial charge in [-0.2, -0.15) is 0 Å². The molecule has 0 saturated heterocycles. The van der Waals surface area contributed by atoms with E-state index in [0.717, 1.165) is 25.7 Å². The van der Waals surface area contributed by atoms with E-state index in [9.17, 15) is 29.4 Å². The summed E-state index contributed by atoms with van der Waals surface area (Å²) in [6.45, 7) is 2.04. The van der Waals surface area contributed by atoms with Crippen molar-refractivity contribution in [3.63, 3.8) is 0 Å². The molecule has 0 bridgehead atoms. The number of phenolic OH excluding ortho intramolecular Hbond substituents is 2. The Morgan fingerprint density at radius 3 is 1.86 bits per heavy atom. The number of aromatic hydroxyl groups is 2. The average molecular weight is 615 g/mol. The highest BCUT2D eigenvalue weighted by molar-refractivity contribution is 6.31. The number of ketones is 2. The summed E-state index contributed by atoms with van der Waals surface area (Å²) in [4.78, 5) is 54.8. The zero-order valence-electron chi connectivity index (χ0n) is 24.0. The van der Waals surface area contributed by atoms with E-state index in [1.54, 1.807) is 36.4 Å². The van der Waals surface area contributed by atoms with Gasteiger partial charge in [0.15, 0.2) is 23.1 Å². The maximum absolute atomic E-state index is 14.1. The Morgan fingerprint density at radius 2 is 1.23 bits per heavy atom. The monoisotopic (exact) mass is 614 g/mol. The zero-order chi connectivity index (χ0) is 31.6. The smallest absolute Gasteiger partial charge is 0.343 e. The zero-order valence-corrected chi connectivity index (χ0v) is 24.8. The molecular weight excluding hydrogens is 584 g/mol. The van der Waals surface area contributed by atoms with Crippen LogP contribution in [-0.4, -0.2) is 40.3 Å². The van der Waals surface area contributed by atoms with Crippen molar-refractivity contribution in [1.29, 1.82) is 0 Å². The molecule has 8 nitrogen and oxygen atoms in total. The summed E-state index contributed by atoms with van der Waals surface area (Å²) in [5.74, 6) is -6.80. The summed E-state index contributed by atoms with van der Waals surface area (Å²) in [5.41, 5.74) is -1.87. The van der Waals surface area contributed by atoms with Gasteiger partial charge >= 0.3 is 11.9 Å². The first-order valence-electron chi connectivity index (χ1n) is 14.2. The van der Waals surface area contributed by atoms with Crippen LogP contribution in [0.1, 0.15) is 91.6 Å². The molecule has 4 aromatic carbocycles. The van der Waals surface area contributed by atoms with Crippen molar-refractivity contribution in [3.8, 4) is 17.2 Å². The Hall–Kier alpha value is -4.95. The van der Waals surface area contributed by atoms with Crippen molar-refractivity contribution in [2.45, 2.75) is 39.0 Å². The van der Waals surface area contributed by atoms with Crippen LogP contribution >= 0.6 is 11.6 Å². The van der Waals surface area contributed by atoms with Crippen LogP contribution in [0.25, 0.3) is 0 Å². The van der Waals surface area contributed by atoms with Crippen LogP contribution in [0.5, 0.6) is 17.2 Å². The van der Waals surface area contributed by atoms with Gasteiger partial charge in [-0.3, -0.25) is 9.59 Å². The molecule has 0 aromatic heterocycles. The maximum atomic E-state index is 14.1. The number of phenols is 2. The van der Waals surface area contributed by atoms with Crippen molar-refractivity contribution in [2.24, 2.45) is 0 Å². The summed E-state index contributed by atoms with van der Waals surface area (Å²) in [7, 11) is 0. The van der Waals surface area contributed by atoms with Crippen molar-refractivity contribution >= 4 is 35.1 Å². The van der Waals surface area contributed by atoms with Crippen LogP contribution in [-0.2, 0) is 4.74 Å². The van der Waals surface area contributed by atoms with Crippen LogP contribution in [0.3, 0.4) is 0 Å². The molecule has 4 aromatic rings. The number of carbonyl (C=O) groups excluding carboxylic acids is 4. The Bertz CT molecular complexity index is 1670. The normalized spacial score (nSPS) is 10.7. The lowest BCUT2D eigenvalue weighted by molar-refractivity contribution is 0.0489. The van der Waals surface area contributed by atoms with Crippen LogP contribution in [0.2, 0.25) is 5.02 Å². The molecule has 0 atom stereocenters. The van der Waals surface area contributed by atoms with Gasteiger partial charge in [0, 0.05) is 16.1 Å². The van der Waals surface area contributed by atoms with Crippen molar-refractivity contribution in [1.82, 2.24) is 0 Å². The summed E-state index contributed by atoms with van der Waals surface area (Å²) >= 11 is 6.15. The summed E-state index contributed by atoms with van der Waals surface area (Å²) < 4.78 is 11.0. The third-order valence-corrected chi connectivity index (χ3v) is 7.10. The van der Waals surface area contributed by atoms with E-state index < -0.39 is 57.4 Å². The lowest BCUT2D eigenvalue weighted by atomic mass is 9.88. The van der Waals surface area contributed by atoms with E-state index in [2.05, 4.69) is 6.92 Å². The summed E-state index contributed by atoms with van der Waals surface area (Å²) in [6, 6.07) is 21.2. The Balaban J connectivity index is 1.94. The minimum Gasteiger partial charge on any atom is -0.504 e. The van der Waals surface area contributed by atoms with E-state index in [-0.39, 0.29) is 28.3 Å². The highest BCUT2D eigenvalue weighted by Gasteiger charge is 2.37. The van der Waals surface area contributed by atoms with Crippen molar-refractivity contribution < 1.29 is 38.9 Å². The minimum atomic E-state index is -1.11. The molecule has 0 spiro atoms. The summed E-state index contributed by atoms with van der Waals surface area (Å²) in [6.07, 6.45) is 4.28. The fraction of sp³-hybridized carbons (Fsp3) is 0.200. The second kappa shape index (κ2) is 15.0. The Labute approximate surface area is 259 Å². The molecule has 0 aliphatic heterocycles. The molecule has 0 aliphatic carbocycles. The SMILES string of the molecule is CCCCCCCOC(=O)c1c(C(=O)c2ccccc2)c(O)c(O)c(OC(=O)c2ccccc2)c1C(=O)c1cccc(Cl)c1. The lowest BCUT2D eigenvalue weighted by Gasteiger charge is -2.20. The van der Waals surface area contributed by atoms with Crippen LogP contribution < -0.4 is 4.74 Å². The molecule has 0 saturated carbocycles. The Kier molecular flexibility index (Phi) is 10.9. The Morgan fingerprint density at radius 1 is 0.636 bits per heavy atom. The van der Waals surface area contributed by atoms with Crippen LogP contribution in [0.4, 0.5) is 0 Å². The van der Waals surface area contributed by atoms with Crippen molar-refractivity contribution in [3.05, 3.63) is 123 Å². The number of benzene rings is 4. The van der Waals surface area contributed by atoms with E-state index in [4.69, 9.17) is 21.1 Å². The number of esters is 2. The minimum absolute atomic E-state index is 0.0346. The number of rotatable bonds is 13. The summed E-state index contributed by atoms with van der Waals surface area (Å²) in [5, 5.41) is 22.6. The molecule has 0 fully saturated rings. The first-order valence-corrected chi connectivity index (χ1v) is 14.6. The highest BCUT2D eigenvalue weighted by Crippen LogP contribution is 2.46. The van der Waals surface area contributed by atoms with Gasteiger partial charge in [0.2, 0.25) is 5.75 Å². The van der Waals surface area contributed by atoms with Gasteiger partial charge in [-0.1, -0.05) is 105 Å². The fourth-order valence-corrected chi connectivity index (χ4v) is 4.81. The van der Waals surface area contributed by atoms with Crippen LogP contribution in [0.15, 0.2) is 84.9 Å². The van der Waals surface area contributed by atoms with Gasteiger partial charge in [-0.25, -0.2) is 9.59 Å². The molecule has 44 heavy (non-hydrogen) atoms. The molecule has 2 N–H and O–H groups in total. The number of hydrogen-bond acceptors (Lipinski definition) is 8. The van der Waals surface area contributed by atoms with Gasteiger partial charge in [0.1, 0.15) is 0 Å².